The van der Waals surface area contributed by atoms with Gasteiger partial charge in [0.1, 0.15) is 11.6 Å². The minimum Gasteiger partial charge on any atom is -0.394 e. The number of hydrogen-bond donors (Lipinski definition) is 2. The van der Waals surface area contributed by atoms with Gasteiger partial charge in [-0.05, 0) is 38.5 Å². The Morgan fingerprint density at radius 3 is 2.68 bits per heavy atom. The summed E-state index contributed by atoms with van der Waals surface area (Å²) in [5.74, 6) is 1.78. The monoisotopic (exact) mass is 265 g/mol. The van der Waals surface area contributed by atoms with Crippen molar-refractivity contribution in [3.63, 3.8) is 0 Å². The van der Waals surface area contributed by atoms with E-state index in [1.165, 1.54) is 0 Å². The number of nitrogens with zero attached hydrogens (tertiary/aromatic N) is 2. The number of morpholine rings is 1. The van der Waals surface area contributed by atoms with Gasteiger partial charge in [-0.3, -0.25) is 0 Å². The molecule has 0 amide bonds. The van der Waals surface area contributed by atoms with Crippen LogP contribution in [-0.4, -0.2) is 48.5 Å². The molecule has 0 aliphatic carbocycles. The molecule has 1 aromatic heterocycles. The summed E-state index contributed by atoms with van der Waals surface area (Å²) in [5, 5.41) is 12.6. The maximum atomic E-state index is 9.33. The van der Waals surface area contributed by atoms with Crippen LogP contribution in [0.25, 0.3) is 0 Å². The van der Waals surface area contributed by atoms with Crippen molar-refractivity contribution in [1.29, 1.82) is 0 Å². The van der Waals surface area contributed by atoms with Crippen molar-refractivity contribution in [3.8, 4) is 0 Å². The summed E-state index contributed by atoms with van der Waals surface area (Å²) >= 11 is 0. The summed E-state index contributed by atoms with van der Waals surface area (Å²) in [5.41, 5.74) is 0.788. The van der Waals surface area contributed by atoms with Gasteiger partial charge in [0.15, 0.2) is 0 Å². The van der Waals surface area contributed by atoms with Gasteiger partial charge in [-0.2, -0.15) is 0 Å². The van der Waals surface area contributed by atoms with E-state index in [0.717, 1.165) is 43.5 Å². The molecular formula is C14H23N3O2. The summed E-state index contributed by atoms with van der Waals surface area (Å²) in [6.07, 6.45) is 0. The second-order valence-electron chi connectivity index (χ2n) is 5.65. The predicted octanol–water partition coefficient (Wildman–Crippen LogP) is 1.41. The zero-order valence-electron chi connectivity index (χ0n) is 11.9. The van der Waals surface area contributed by atoms with Crippen LogP contribution in [0.3, 0.4) is 0 Å². The van der Waals surface area contributed by atoms with Crippen LogP contribution in [-0.2, 0) is 4.74 Å². The predicted molar refractivity (Wildman–Crippen MR) is 76.8 cm³/mol. The second kappa shape index (κ2) is 5.75. The Hall–Kier alpha value is -1.33. The molecular weight excluding hydrogens is 242 g/mol. The van der Waals surface area contributed by atoms with Crippen molar-refractivity contribution < 1.29 is 9.84 Å². The number of anilines is 2. The van der Waals surface area contributed by atoms with Crippen LogP contribution < -0.4 is 10.2 Å². The molecule has 0 saturated carbocycles. The normalized spacial score (nSPS) is 16.5. The Balaban J connectivity index is 2.19. The Labute approximate surface area is 114 Å². The molecule has 1 aliphatic rings. The molecule has 0 bridgehead atoms. The van der Waals surface area contributed by atoms with Crippen molar-refractivity contribution >= 4 is 11.6 Å². The zero-order valence-corrected chi connectivity index (χ0v) is 11.9. The summed E-state index contributed by atoms with van der Waals surface area (Å²) in [4.78, 5) is 6.87. The topological polar surface area (TPSA) is 57.6 Å². The highest BCUT2D eigenvalue weighted by atomic mass is 16.5. The molecule has 0 aromatic carbocycles. The first-order valence-corrected chi connectivity index (χ1v) is 6.71. The highest BCUT2D eigenvalue weighted by Gasteiger charge is 2.18. The molecule has 2 rings (SSSR count). The number of rotatable bonds is 4. The van der Waals surface area contributed by atoms with Gasteiger partial charge in [-0.25, -0.2) is 4.98 Å². The number of aliphatic hydroxyl groups excluding tert-OH is 1. The fourth-order valence-electron chi connectivity index (χ4n) is 2.05. The highest BCUT2D eigenvalue weighted by Crippen LogP contribution is 2.21. The van der Waals surface area contributed by atoms with Crippen LogP contribution in [0.4, 0.5) is 11.6 Å². The van der Waals surface area contributed by atoms with Crippen molar-refractivity contribution in [2.75, 3.05) is 43.1 Å². The first-order valence-electron chi connectivity index (χ1n) is 6.71. The third-order valence-electron chi connectivity index (χ3n) is 3.15. The van der Waals surface area contributed by atoms with Gasteiger partial charge < -0.3 is 20.1 Å². The number of aryl methyl sites for hydroxylation is 1. The minimum atomic E-state index is -0.372. The van der Waals surface area contributed by atoms with E-state index in [9.17, 15) is 5.11 Å². The molecule has 1 aromatic rings. The maximum absolute atomic E-state index is 9.33. The number of pyridine rings is 1. The fourth-order valence-corrected chi connectivity index (χ4v) is 2.05. The Morgan fingerprint density at radius 1 is 1.37 bits per heavy atom. The maximum Gasteiger partial charge on any atom is 0.131 e. The molecule has 2 N–H and O–H groups in total. The van der Waals surface area contributed by atoms with Gasteiger partial charge in [0, 0.05) is 13.1 Å². The number of aliphatic hydroxyl groups is 1. The number of hydrogen-bond acceptors (Lipinski definition) is 5. The molecule has 2 heterocycles. The van der Waals surface area contributed by atoms with E-state index >= 15 is 0 Å². The molecule has 0 unspecified atom stereocenters. The lowest BCUT2D eigenvalue weighted by Crippen LogP contribution is -2.38. The smallest absolute Gasteiger partial charge is 0.131 e. The summed E-state index contributed by atoms with van der Waals surface area (Å²) in [6, 6.07) is 4.09. The lowest BCUT2D eigenvalue weighted by Gasteiger charge is -2.29. The van der Waals surface area contributed by atoms with E-state index in [1.807, 2.05) is 19.9 Å². The lowest BCUT2D eigenvalue weighted by atomic mass is 10.1. The first-order chi connectivity index (χ1) is 9.00. The van der Waals surface area contributed by atoms with Gasteiger partial charge >= 0.3 is 0 Å². The fraction of sp³-hybridized carbons (Fsp3) is 0.643. The van der Waals surface area contributed by atoms with Crippen molar-refractivity contribution in [2.24, 2.45) is 0 Å². The summed E-state index contributed by atoms with van der Waals surface area (Å²) < 4.78 is 5.36. The molecule has 1 saturated heterocycles. The Kier molecular flexibility index (Phi) is 4.27. The van der Waals surface area contributed by atoms with Gasteiger partial charge in [-0.15, -0.1) is 0 Å². The standard InChI is InChI=1S/C14H23N3O2/c1-11-8-12(16-14(2,3)10-18)15-13(9-11)17-4-6-19-7-5-17/h8-9,18H,4-7,10H2,1-3H3,(H,15,16). The van der Waals surface area contributed by atoms with E-state index in [-0.39, 0.29) is 12.1 Å². The molecule has 0 spiro atoms. The van der Waals surface area contributed by atoms with Crippen LogP contribution in [0.2, 0.25) is 0 Å². The zero-order chi connectivity index (χ0) is 13.9. The molecule has 19 heavy (non-hydrogen) atoms. The van der Waals surface area contributed by atoms with Crippen molar-refractivity contribution in [3.05, 3.63) is 17.7 Å². The summed E-state index contributed by atoms with van der Waals surface area (Å²) in [7, 11) is 0. The Bertz CT molecular complexity index is 429. The first kappa shape index (κ1) is 14.1. The van der Waals surface area contributed by atoms with E-state index in [2.05, 4.69) is 28.2 Å². The average molecular weight is 265 g/mol. The van der Waals surface area contributed by atoms with Crippen molar-refractivity contribution in [1.82, 2.24) is 4.98 Å². The van der Waals surface area contributed by atoms with E-state index in [4.69, 9.17) is 4.74 Å². The van der Waals surface area contributed by atoms with Gasteiger partial charge in [0.25, 0.3) is 0 Å². The molecule has 5 nitrogen and oxygen atoms in total. The van der Waals surface area contributed by atoms with Crippen LogP contribution >= 0.6 is 0 Å². The van der Waals surface area contributed by atoms with E-state index < -0.39 is 0 Å². The molecule has 1 fully saturated rings. The van der Waals surface area contributed by atoms with Crippen LogP contribution in [0.5, 0.6) is 0 Å². The highest BCUT2D eigenvalue weighted by molar-refractivity contribution is 5.51. The van der Waals surface area contributed by atoms with Gasteiger partial charge in [0.05, 0.1) is 25.4 Å². The average Bonchev–Trinajstić information content (AvgIpc) is 2.38. The van der Waals surface area contributed by atoms with E-state index in [1.54, 1.807) is 0 Å². The van der Waals surface area contributed by atoms with Crippen LogP contribution in [0, 0.1) is 6.92 Å². The number of nitrogens with one attached hydrogen (secondary N) is 1. The SMILES string of the molecule is Cc1cc(NC(C)(C)CO)nc(N2CCOCC2)c1. The Morgan fingerprint density at radius 2 is 2.05 bits per heavy atom. The van der Waals surface area contributed by atoms with Crippen LogP contribution in [0.1, 0.15) is 19.4 Å². The molecule has 0 radical (unpaired) electrons. The lowest BCUT2D eigenvalue weighted by molar-refractivity contribution is 0.122. The quantitative estimate of drug-likeness (QED) is 0.862. The van der Waals surface area contributed by atoms with Gasteiger partial charge in [0.2, 0.25) is 0 Å². The van der Waals surface area contributed by atoms with Crippen molar-refractivity contribution in [2.45, 2.75) is 26.3 Å². The summed E-state index contributed by atoms with van der Waals surface area (Å²) in [6.45, 7) is 9.27. The molecule has 0 atom stereocenters. The third-order valence-corrected chi connectivity index (χ3v) is 3.15. The molecule has 106 valence electrons. The number of ether oxygens (including phenoxy) is 1. The van der Waals surface area contributed by atoms with Gasteiger partial charge in [-0.1, -0.05) is 0 Å². The molecule has 1 aliphatic heterocycles. The largest absolute Gasteiger partial charge is 0.394 e. The molecule has 5 heteroatoms. The van der Waals surface area contributed by atoms with Crippen LogP contribution in [0.15, 0.2) is 12.1 Å². The third kappa shape index (κ3) is 3.81. The van der Waals surface area contributed by atoms with E-state index in [0.29, 0.717) is 0 Å². The number of aromatic nitrogens is 1. The minimum absolute atomic E-state index is 0.0650. The second-order valence-corrected chi connectivity index (χ2v) is 5.65.